The summed E-state index contributed by atoms with van der Waals surface area (Å²) in [6, 6.07) is 10.0. The van der Waals surface area contributed by atoms with Gasteiger partial charge in [0.25, 0.3) is 0 Å². The van der Waals surface area contributed by atoms with Gasteiger partial charge in [-0.1, -0.05) is 30.3 Å². The number of hydrogen-bond donors (Lipinski definition) is 0. The van der Waals surface area contributed by atoms with Gasteiger partial charge in [-0.2, -0.15) is 0 Å². The Labute approximate surface area is 107 Å². The number of benzene rings is 1. The summed E-state index contributed by atoms with van der Waals surface area (Å²) < 4.78 is 9.85. The fraction of sp³-hybridized carbons (Fsp3) is 0.333. The van der Waals surface area contributed by atoms with E-state index in [1.807, 2.05) is 36.4 Å². The van der Waals surface area contributed by atoms with Gasteiger partial charge in [0.05, 0.1) is 25.4 Å². The van der Waals surface area contributed by atoms with E-state index < -0.39 is 0 Å². The number of carbonyl (C=O) groups excluding carboxylic acids is 1. The fourth-order valence-electron chi connectivity index (χ4n) is 1.64. The van der Waals surface area contributed by atoms with Crippen molar-refractivity contribution < 1.29 is 14.3 Å². The van der Waals surface area contributed by atoms with Crippen LogP contribution in [0.5, 0.6) is 0 Å². The van der Waals surface area contributed by atoms with Crippen molar-refractivity contribution >= 4 is 5.97 Å². The maximum Gasteiger partial charge on any atom is 0.341 e. The molecule has 0 aliphatic carbocycles. The van der Waals surface area contributed by atoms with Crippen molar-refractivity contribution in [1.29, 1.82) is 0 Å². The first-order chi connectivity index (χ1) is 8.79. The summed E-state index contributed by atoms with van der Waals surface area (Å²) in [4.78, 5) is 11.5. The number of rotatable bonds is 5. The highest BCUT2D eigenvalue weighted by Crippen LogP contribution is 2.19. The van der Waals surface area contributed by atoms with E-state index in [0.29, 0.717) is 12.0 Å². The van der Waals surface area contributed by atoms with E-state index in [4.69, 9.17) is 9.47 Å². The van der Waals surface area contributed by atoms with E-state index in [1.165, 1.54) is 12.7 Å². The van der Waals surface area contributed by atoms with E-state index in [9.17, 15) is 4.79 Å². The van der Waals surface area contributed by atoms with Crippen molar-refractivity contribution in [3.8, 4) is 0 Å². The Hall–Kier alpha value is -1.83. The van der Waals surface area contributed by atoms with Crippen LogP contribution in [0.4, 0.5) is 0 Å². The van der Waals surface area contributed by atoms with Crippen molar-refractivity contribution in [2.24, 2.45) is 0 Å². The van der Waals surface area contributed by atoms with Crippen molar-refractivity contribution in [2.45, 2.75) is 18.9 Å². The molecule has 18 heavy (non-hydrogen) atoms. The first kappa shape index (κ1) is 12.6. The van der Waals surface area contributed by atoms with E-state index in [1.54, 1.807) is 0 Å². The third kappa shape index (κ3) is 3.88. The lowest BCUT2D eigenvalue weighted by molar-refractivity contribution is -0.136. The largest absolute Gasteiger partial charge is 0.465 e. The lowest BCUT2D eigenvalue weighted by Crippen LogP contribution is -2.06. The van der Waals surface area contributed by atoms with Crippen molar-refractivity contribution in [3.05, 3.63) is 53.3 Å². The Balaban J connectivity index is 2.03. The van der Waals surface area contributed by atoms with Gasteiger partial charge in [-0.15, -0.1) is 5.73 Å². The normalized spacial score (nSPS) is 16.6. The van der Waals surface area contributed by atoms with Gasteiger partial charge in [-0.3, -0.25) is 0 Å². The molecule has 0 radical (unpaired) electrons. The molecule has 0 amide bonds. The molecule has 1 atom stereocenters. The molecule has 0 aromatic heterocycles. The number of carbonyl (C=O) groups is 1. The van der Waals surface area contributed by atoms with Crippen molar-refractivity contribution in [1.82, 2.24) is 0 Å². The minimum absolute atomic E-state index is 0.164. The predicted molar refractivity (Wildman–Crippen MR) is 68.1 cm³/mol. The van der Waals surface area contributed by atoms with Gasteiger partial charge in [0.2, 0.25) is 0 Å². The maximum atomic E-state index is 11.5. The van der Waals surface area contributed by atoms with Gasteiger partial charge < -0.3 is 9.47 Å². The highest BCUT2D eigenvalue weighted by atomic mass is 16.6. The van der Waals surface area contributed by atoms with Crippen molar-refractivity contribution in [2.75, 3.05) is 13.7 Å². The van der Waals surface area contributed by atoms with Gasteiger partial charge in [-0.25, -0.2) is 4.79 Å². The minimum Gasteiger partial charge on any atom is -0.465 e. The van der Waals surface area contributed by atoms with E-state index in [-0.39, 0.29) is 12.1 Å². The number of ether oxygens (including phenoxy) is 2. The van der Waals surface area contributed by atoms with Crippen molar-refractivity contribution in [3.63, 3.8) is 0 Å². The summed E-state index contributed by atoms with van der Waals surface area (Å²) in [5.74, 6) is -0.324. The Kier molecular flexibility index (Phi) is 4.35. The predicted octanol–water partition coefficient (Wildman–Crippen LogP) is 2.27. The summed E-state index contributed by atoms with van der Waals surface area (Å²) >= 11 is 0. The maximum absolute atomic E-state index is 11.5. The summed E-state index contributed by atoms with van der Waals surface area (Å²) in [5.41, 5.74) is 4.77. The van der Waals surface area contributed by atoms with E-state index in [0.717, 1.165) is 13.0 Å². The molecule has 1 aromatic rings. The van der Waals surface area contributed by atoms with Crippen LogP contribution in [0, 0.1) is 0 Å². The summed E-state index contributed by atoms with van der Waals surface area (Å²) in [6.45, 7) is 0.723. The SMILES string of the molecule is COC(=O)C(=C=CCc1ccccc1)CC1CO1. The van der Waals surface area contributed by atoms with Gasteiger partial charge in [0, 0.05) is 6.42 Å². The Morgan fingerprint density at radius 3 is 2.83 bits per heavy atom. The second kappa shape index (κ2) is 6.20. The molecule has 0 bridgehead atoms. The standard InChI is InChI=1S/C15H16O3/c1-17-15(16)13(10-14-11-18-14)9-5-8-12-6-3-2-4-7-12/h2-7,14H,8,10-11H2,1H3. The molecular formula is C15H16O3. The molecule has 1 fully saturated rings. The lowest BCUT2D eigenvalue weighted by atomic mass is 10.1. The van der Waals surface area contributed by atoms with Gasteiger partial charge in [-0.05, 0) is 18.1 Å². The molecule has 1 aliphatic heterocycles. The molecule has 3 heteroatoms. The molecule has 1 aromatic carbocycles. The monoisotopic (exact) mass is 244 g/mol. The van der Waals surface area contributed by atoms with Crippen LogP contribution in [0.3, 0.4) is 0 Å². The molecule has 94 valence electrons. The molecular weight excluding hydrogens is 228 g/mol. The zero-order chi connectivity index (χ0) is 12.8. The van der Waals surface area contributed by atoms with Gasteiger partial charge in [0.15, 0.2) is 0 Å². The third-order valence-corrected chi connectivity index (χ3v) is 2.72. The van der Waals surface area contributed by atoms with Crippen LogP contribution in [0.1, 0.15) is 12.0 Å². The number of hydrogen-bond acceptors (Lipinski definition) is 3. The molecule has 1 saturated heterocycles. The highest BCUT2D eigenvalue weighted by Gasteiger charge is 2.26. The van der Waals surface area contributed by atoms with Gasteiger partial charge in [0.1, 0.15) is 0 Å². The number of methoxy groups -OCH3 is 1. The zero-order valence-electron chi connectivity index (χ0n) is 10.4. The first-order valence-electron chi connectivity index (χ1n) is 5.97. The van der Waals surface area contributed by atoms with Crippen LogP contribution < -0.4 is 0 Å². The van der Waals surface area contributed by atoms with Crippen LogP contribution in [-0.4, -0.2) is 25.8 Å². The summed E-state index contributed by atoms with van der Waals surface area (Å²) in [6.07, 6.45) is 3.37. The molecule has 0 saturated carbocycles. The van der Waals surface area contributed by atoms with E-state index >= 15 is 0 Å². The number of esters is 1. The fourth-order valence-corrected chi connectivity index (χ4v) is 1.64. The molecule has 2 rings (SSSR count). The van der Waals surface area contributed by atoms with Crippen LogP contribution in [-0.2, 0) is 20.7 Å². The summed E-state index contributed by atoms with van der Waals surface area (Å²) in [7, 11) is 1.38. The Morgan fingerprint density at radius 1 is 1.50 bits per heavy atom. The average Bonchev–Trinajstić information content (AvgIpc) is 3.22. The minimum atomic E-state index is -0.324. The summed E-state index contributed by atoms with van der Waals surface area (Å²) in [5, 5.41) is 0. The molecule has 3 nitrogen and oxygen atoms in total. The van der Waals surface area contributed by atoms with Crippen LogP contribution >= 0.6 is 0 Å². The molecule has 0 spiro atoms. The lowest BCUT2D eigenvalue weighted by Gasteiger charge is -1.99. The molecule has 1 aliphatic rings. The quantitative estimate of drug-likeness (QED) is 0.345. The number of epoxide rings is 1. The third-order valence-electron chi connectivity index (χ3n) is 2.72. The van der Waals surface area contributed by atoms with Gasteiger partial charge >= 0.3 is 5.97 Å². The molecule has 0 N–H and O–H groups in total. The Morgan fingerprint density at radius 2 is 2.22 bits per heavy atom. The smallest absolute Gasteiger partial charge is 0.341 e. The second-order valence-corrected chi connectivity index (χ2v) is 4.17. The first-order valence-corrected chi connectivity index (χ1v) is 5.97. The second-order valence-electron chi connectivity index (χ2n) is 4.17. The Bertz CT molecular complexity index is 466. The van der Waals surface area contributed by atoms with E-state index in [2.05, 4.69) is 5.73 Å². The molecule has 1 heterocycles. The topological polar surface area (TPSA) is 38.8 Å². The van der Waals surface area contributed by atoms with Crippen LogP contribution in [0.2, 0.25) is 0 Å². The highest BCUT2D eigenvalue weighted by molar-refractivity contribution is 5.88. The average molecular weight is 244 g/mol. The zero-order valence-corrected chi connectivity index (χ0v) is 10.4. The molecule has 1 unspecified atom stereocenters. The van der Waals surface area contributed by atoms with Crippen LogP contribution in [0.25, 0.3) is 0 Å². The van der Waals surface area contributed by atoms with Crippen LogP contribution in [0.15, 0.2) is 47.7 Å².